The van der Waals surface area contributed by atoms with Gasteiger partial charge >= 0.3 is 0 Å². The molecular formula is C6H12O3. The van der Waals surface area contributed by atoms with Crippen molar-refractivity contribution in [2.45, 2.75) is 19.1 Å². The molecular weight excluding hydrogens is 120 g/mol. The van der Waals surface area contributed by atoms with Crippen LogP contribution in [-0.4, -0.2) is 31.2 Å². The van der Waals surface area contributed by atoms with Gasteiger partial charge < -0.3 is 14.6 Å². The lowest BCUT2D eigenvalue weighted by Crippen LogP contribution is -2.19. The molecule has 3 nitrogen and oxygen atoms in total. The van der Waals surface area contributed by atoms with E-state index in [9.17, 15) is 0 Å². The Morgan fingerprint density at radius 1 is 1.22 bits per heavy atom. The lowest BCUT2D eigenvalue weighted by Gasteiger charge is -2.10. The molecule has 0 aliphatic carbocycles. The molecule has 1 heterocycles. The zero-order chi connectivity index (χ0) is 6.53. The quantitative estimate of drug-likeness (QED) is 0.551. The van der Waals surface area contributed by atoms with E-state index in [1.807, 2.05) is 0 Å². The van der Waals surface area contributed by atoms with E-state index in [0.717, 1.165) is 12.8 Å². The summed E-state index contributed by atoms with van der Waals surface area (Å²) in [7, 11) is 0. The summed E-state index contributed by atoms with van der Waals surface area (Å²) >= 11 is 0. The Morgan fingerprint density at radius 2 is 1.78 bits per heavy atom. The second kappa shape index (κ2) is 3.82. The van der Waals surface area contributed by atoms with Crippen molar-refractivity contribution in [1.29, 1.82) is 0 Å². The van der Waals surface area contributed by atoms with E-state index in [2.05, 4.69) is 0 Å². The van der Waals surface area contributed by atoms with Crippen molar-refractivity contribution in [3.63, 3.8) is 0 Å². The summed E-state index contributed by atoms with van der Waals surface area (Å²) in [5.41, 5.74) is 0. The van der Waals surface area contributed by atoms with Crippen LogP contribution in [0.4, 0.5) is 0 Å². The van der Waals surface area contributed by atoms with Crippen LogP contribution in [0.2, 0.25) is 0 Å². The second-order valence-electron chi connectivity index (χ2n) is 2.06. The first kappa shape index (κ1) is 6.99. The van der Waals surface area contributed by atoms with Crippen LogP contribution in [0, 0.1) is 0 Å². The molecule has 9 heavy (non-hydrogen) atoms. The fraction of sp³-hybridized carbons (Fsp3) is 1.00. The maximum Gasteiger partial charge on any atom is 0.180 e. The van der Waals surface area contributed by atoms with Crippen LogP contribution >= 0.6 is 0 Å². The summed E-state index contributed by atoms with van der Waals surface area (Å²) in [5, 5.41) is 8.57. The highest BCUT2D eigenvalue weighted by Crippen LogP contribution is 2.03. The largest absolute Gasteiger partial charge is 0.391 e. The number of hydrogen-bond donors (Lipinski definition) is 1. The smallest absolute Gasteiger partial charge is 0.180 e. The minimum Gasteiger partial charge on any atom is -0.391 e. The topological polar surface area (TPSA) is 38.7 Å². The van der Waals surface area contributed by atoms with E-state index in [1.54, 1.807) is 0 Å². The SMILES string of the molecule is OCC1OCCCCO1. The first-order chi connectivity index (χ1) is 4.43. The molecule has 1 aliphatic rings. The van der Waals surface area contributed by atoms with Gasteiger partial charge in [0, 0.05) is 13.2 Å². The first-order valence-electron chi connectivity index (χ1n) is 3.27. The molecule has 3 heteroatoms. The van der Waals surface area contributed by atoms with E-state index < -0.39 is 0 Å². The molecule has 0 aromatic rings. The molecule has 0 aromatic heterocycles. The Hall–Kier alpha value is -0.120. The van der Waals surface area contributed by atoms with E-state index in [1.165, 1.54) is 0 Å². The van der Waals surface area contributed by atoms with Gasteiger partial charge in [0.1, 0.15) is 0 Å². The zero-order valence-corrected chi connectivity index (χ0v) is 5.38. The standard InChI is InChI=1S/C6H12O3/c7-5-6-8-3-1-2-4-9-6/h6-7H,1-5H2. The van der Waals surface area contributed by atoms with Gasteiger partial charge in [-0.05, 0) is 12.8 Å². The fourth-order valence-corrected chi connectivity index (χ4v) is 0.787. The van der Waals surface area contributed by atoms with Gasteiger partial charge in [-0.1, -0.05) is 0 Å². The third-order valence-electron chi connectivity index (χ3n) is 1.30. The summed E-state index contributed by atoms with van der Waals surface area (Å²) in [6, 6.07) is 0. The molecule has 1 rings (SSSR count). The van der Waals surface area contributed by atoms with Crippen LogP contribution in [-0.2, 0) is 9.47 Å². The van der Waals surface area contributed by atoms with Crippen molar-refractivity contribution < 1.29 is 14.6 Å². The van der Waals surface area contributed by atoms with Crippen LogP contribution in [0.15, 0.2) is 0 Å². The third-order valence-corrected chi connectivity index (χ3v) is 1.30. The number of ether oxygens (including phenoxy) is 2. The summed E-state index contributed by atoms with van der Waals surface area (Å²) < 4.78 is 10.2. The van der Waals surface area contributed by atoms with Gasteiger partial charge in [-0.2, -0.15) is 0 Å². The van der Waals surface area contributed by atoms with Crippen LogP contribution in [0.5, 0.6) is 0 Å². The Bertz CT molecular complexity index is 66.7. The van der Waals surface area contributed by atoms with Gasteiger partial charge in [0.15, 0.2) is 6.29 Å². The minimum absolute atomic E-state index is 0.0278. The summed E-state index contributed by atoms with van der Waals surface area (Å²) in [6.45, 7) is 1.40. The zero-order valence-electron chi connectivity index (χ0n) is 5.38. The van der Waals surface area contributed by atoms with Crippen molar-refractivity contribution in [2.24, 2.45) is 0 Å². The number of hydrogen-bond acceptors (Lipinski definition) is 3. The normalized spacial score (nSPS) is 23.7. The molecule has 0 spiro atoms. The number of aliphatic hydroxyl groups is 1. The van der Waals surface area contributed by atoms with Crippen molar-refractivity contribution in [2.75, 3.05) is 19.8 Å². The molecule has 0 saturated carbocycles. The molecule has 0 aromatic carbocycles. The molecule has 54 valence electrons. The van der Waals surface area contributed by atoms with E-state index in [0.29, 0.717) is 13.2 Å². The van der Waals surface area contributed by atoms with Gasteiger partial charge in [0.25, 0.3) is 0 Å². The van der Waals surface area contributed by atoms with Gasteiger partial charge in [0.05, 0.1) is 6.61 Å². The van der Waals surface area contributed by atoms with Crippen LogP contribution in [0.3, 0.4) is 0 Å². The average molecular weight is 132 g/mol. The maximum absolute atomic E-state index is 8.57. The van der Waals surface area contributed by atoms with Gasteiger partial charge in [0.2, 0.25) is 0 Å². The van der Waals surface area contributed by atoms with Crippen LogP contribution in [0.1, 0.15) is 12.8 Å². The Balaban J connectivity index is 2.18. The predicted molar refractivity (Wildman–Crippen MR) is 32.0 cm³/mol. The predicted octanol–water partition coefficient (Wildman–Crippen LogP) is 0.132. The molecule has 1 aliphatic heterocycles. The minimum atomic E-state index is -0.368. The van der Waals surface area contributed by atoms with E-state index >= 15 is 0 Å². The molecule has 1 saturated heterocycles. The number of aliphatic hydroxyl groups excluding tert-OH is 1. The van der Waals surface area contributed by atoms with Crippen LogP contribution in [0.25, 0.3) is 0 Å². The van der Waals surface area contributed by atoms with Gasteiger partial charge in [-0.3, -0.25) is 0 Å². The van der Waals surface area contributed by atoms with E-state index in [-0.39, 0.29) is 12.9 Å². The molecule has 0 bridgehead atoms. The highest BCUT2D eigenvalue weighted by Gasteiger charge is 2.09. The van der Waals surface area contributed by atoms with Crippen LogP contribution < -0.4 is 0 Å². The Labute approximate surface area is 54.6 Å². The van der Waals surface area contributed by atoms with Gasteiger partial charge in [-0.25, -0.2) is 0 Å². The van der Waals surface area contributed by atoms with Crippen molar-refractivity contribution in [1.82, 2.24) is 0 Å². The molecule has 0 unspecified atom stereocenters. The Morgan fingerprint density at radius 3 is 2.22 bits per heavy atom. The molecule has 1 fully saturated rings. The molecule has 1 N–H and O–H groups in total. The summed E-state index contributed by atoms with van der Waals surface area (Å²) in [4.78, 5) is 0. The van der Waals surface area contributed by atoms with Crippen molar-refractivity contribution in [3.05, 3.63) is 0 Å². The van der Waals surface area contributed by atoms with Crippen molar-refractivity contribution >= 4 is 0 Å². The lowest BCUT2D eigenvalue weighted by atomic mass is 10.3. The molecule has 0 radical (unpaired) electrons. The number of rotatable bonds is 1. The summed E-state index contributed by atoms with van der Waals surface area (Å²) in [6.07, 6.45) is 1.71. The lowest BCUT2D eigenvalue weighted by molar-refractivity contribution is -0.147. The molecule has 0 amide bonds. The van der Waals surface area contributed by atoms with E-state index in [4.69, 9.17) is 14.6 Å². The first-order valence-corrected chi connectivity index (χ1v) is 3.27. The highest BCUT2D eigenvalue weighted by atomic mass is 16.7. The third kappa shape index (κ3) is 2.30. The monoisotopic (exact) mass is 132 g/mol. The van der Waals surface area contributed by atoms with Crippen molar-refractivity contribution in [3.8, 4) is 0 Å². The second-order valence-corrected chi connectivity index (χ2v) is 2.06. The fourth-order valence-electron chi connectivity index (χ4n) is 0.787. The maximum atomic E-state index is 8.57. The summed E-state index contributed by atoms with van der Waals surface area (Å²) in [5.74, 6) is 0. The van der Waals surface area contributed by atoms with Gasteiger partial charge in [-0.15, -0.1) is 0 Å². The average Bonchev–Trinajstić information content (AvgIpc) is 2.13. The molecule has 0 atom stereocenters. The Kier molecular flexibility index (Phi) is 2.97. The highest BCUT2D eigenvalue weighted by molar-refractivity contribution is 4.47.